The van der Waals surface area contributed by atoms with Gasteiger partial charge in [0.2, 0.25) is 0 Å². The Morgan fingerprint density at radius 3 is 2.40 bits per heavy atom. The van der Waals surface area contributed by atoms with Crippen LogP contribution in [0.25, 0.3) is 0 Å². The van der Waals surface area contributed by atoms with Gasteiger partial charge in [0.25, 0.3) is 5.91 Å². The second-order valence-corrected chi connectivity index (χ2v) is 5.32. The molecule has 2 aromatic carbocycles. The van der Waals surface area contributed by atoms with E-state index in [1.807, 2.05) is 6.92 Å². The molecule has 132 valence electrons. The lowest BCUT2D eigenvalue weighted by Gasteiger charge is -2.11. The molecular weight excluding hydrogens is 346 g/mol. The van der Waals surface area contributed by atoms with Crippen LogP contribution in [0.1, 0.15) is 6.92 Å². The van der Waals surface area contributed by atoms with E-state index in [0.29, 0.717) is 28.8 Å². The number of halogens is 1. The van der Waals surface area contributed by atoms with Crippen LogP contribution >= 0.6 is 11.6 Å². The number of esters is 1. The molecule has 0 aliphatic heterocycles. The van der Waals surface area contributed by atoms with Gasteiger partial charge in [-0.3, -0.25) is 4.79 Å². The van der Waals surface area contributed by atoms with Crippen molar-refractivity contribution in [3.63, 3.8) is 0 Å². The van der Waals surface area contributed by atoms with Gasteiger partial charge in [0.1, 0.15) is 0 Å². The predicted octanol–water partition coefficient (Wildman–Crippen LogP) is 3.30. The van der Waals surface area contributed by atoms with E-state index in [0.717, 1.165) is 0 Å². The highest BCUT2D eigenvalue weighted by Gasteiger charge is 2.11. The van der Waals surface area contributed by atoms with E-state index >= 15 is 0 Å². The van der Waals surface area contributed by atoms with Gasteiger partial charge in [-0.2, -0.15) is 0 Å². The lowest BCUT2D eigenvalue weighted by atomic mass is 10.3. The van der Waals surface area contributed by atoms with Gasteiger partial charge in [-0.1, -0.05) is 29.8 Å². The molecule has 0 radical (unpaired) electrons. The van der Waals surface area contributed by atoms with E-state index in [2.05, 4.69) is 5.32 Å². The minimum Gasteiger partial charge on any atom is -0.490 e. The Balaban J connectivity index is 1.76. The minimum absolute atomic E-state index is 0.325. The van der Waals surface area contributed by atoms with Crippen LogP contribution in [-0.2, 0) is 14.3 Å². The number of ether oxygens (including phenoxy) is 3. The van der Waals surface area contributed by atoms with Gasteiger partial charge in [0.05, 0.1) is 6.61 Å². The van der Waals surface area contributed by atoms with Crippen molar-refractivity contribution in [2.45, 2.75) is 6.92 Å². The molecule has 0 atom stereocenters. The number of rotatable bonds is 8. The number of nitrogens with one attached hydrogen (secondary N) is 1. The SMILES string of the molecule is CCOc1ccccc1OCC(=O)OCC(=O)Nc1cccc(Cl)c1. The molecule has 0 spiro atoms. The summed E-state index contributed by atoms with van der Waals surface area (Å²) >= 11 is 5.83. The number of carbonyl (C=O) groups excluding carboxylic acids is 2. The summed E-state index contributed by atoms with van der Waals surface area (Å²) in [5.41, 5.74) is 0.524. The van der Waals surface area contributed by atoms with Crippen LogP contribution in [0.2, 0.25) is 5.02 Å². The molecule has 7 heteroatoms. The van der Waals surface area contributed by atoms with Gasteiger partial charge in [0, 0.05) is 10.7 Å². The lowest BCUT2D eigenvalue weighted by molar-refractivity contribution is -0.149. The van der Waals surface area contributed by atoms with Crippen molar-refractivity contribution < 1.29 is 23.8 Å². The molecule has 0 fully saturated rings. The van der Waals surface area contributed by atoms with Crippen LogP contribution in [0.3, 0.4) is 0 Å². The Morgan fingerprint density at radius 2 is 1.72 bits per heavy atom. The second-order valence-electron chi connectivity index (χ2n) is 4.89. The molecule has 0 heterocycles. The highest BCUT2D eigenvalue weighted by molar-refractivity contribution is 6.30. The van der Waals surface area contributed by atoms with E-state index in [1.54, 1.807) is 48.5 Å². The van der Waals surface area contributed by atoms with Crippen molar-refractivity contribution in [3.8, 4) is 11.5 Å². The first-order valence-corrected chi connectivity index (χ1v) is 8.02. The van der Waals surface area contributed by atoms with Crippen molar-refractivity contribution in [2.24, 2.45) is 0 Å². The molecule has 2 rings (SSSR count). The molecule has 6 nitrogen and oxygen atoms in total. The molecule has 25 heavy (non-hydrogen) atoms. The number of hydrogen-bond donors (Lipinski definition) is 1. The number of anilines is 1. The van der Waals surface area contributed by atoms with E-state index in [9.17, 15) is 9.59 Å². The Hall–Kier alpha value is -2.73. The summed E-state index contributed by atoms with van der Waals surface area (Å²) in [6.07, 6.45) is 0. The summed E-state index contributed by atoms with van der Waals surface area (Å²) < 4.78 is 15.6. The number of carbonyl (C=O) groups is 2. The largest absolute Gasteiger partial charge is 0.490 e. The molecule has 0 unspecified atom stereocenters. The van der Waals surface area contributed by atoms with E-state index in [1.165, 1.54) is 0 Å². The summed E-state index contributed by atoms with van der Waals surface area (Å²) in [5, 5.41) is 3.07. The minimum atomic E-state index is -0.660. The molecular formula is C18H18ClNO5. The molecule has 1 N–H and O–H groups in total. The van der Waals surface area contributed by atoms with E-state index in [4.69, 9.17) is 25.8 Å². The summed E-state index contributed by atoms with van der Waals surface area (Å²) in [5.74, 6) is -0.154. The molecule has 0 aromatic heterocycles. The maximum atomic E-state index is 11.7. The standard InChI is InChI=1S/C18H18ClNO5/c1-2-23-15-8-3-4-9-16(15)24-12-18(22)25-11-17(21)20-14-7-5-6-13(19)10-14/h3-10H,2,11-12H2,1H3,(H,20,21). The zero-order chi connectivity index (χ0) is 18.1. The maximum Gasteiger partial charge on any atom is 0.344 e. The third-order valence-corrected chi connectivity index (χ3v) is 3.20. The van der Waals surface area contributed by atoms with Crippen LogP contribution in [0, 0.1) is 0 Å². The summed E-state index contributed by atoms with van der Waals surface area (Å²) in [6.45, 7) is 1.59. The third kappa shape index (κ3) is 6.35. The molecule has 0 aliphatic rings. The van der Waals surface area contributed by atoms with Crippen LogP contribution in [0.5, 0.6) is 11.5 Å². The Kier molecular flexibility index (Phi) is 7.10. The smallest absolute Gasteiger partial charge is 0.344 e. The maximum absolute atomic E-state index is 11.7. The van der Waals surface area contributed by atoms with Crippen LogP contribution in [0.15, 0.2) is 48.5 Å². The first kappa shape index (κ1) is 18.6. The Morgan fingerprint density at radius 1 is 1.00 bits per heavy atom. The van der Waals surface area contributed by atoms with Crippen molar-refractivity contribution in [2.75, 3.05) is 25.1 Å². The Bertz CT molecular complexity index is 735. The summed E-state index contributed by atoms with van der Waals surface area (Å²) in [6, 6.07) is 13.7. The molecule has 0 saturated carbocycles. The fourth-order valence-electron chi connectivity index (χ4n) is 1.93. The second kappa shape index (κ2) is 9.54. The first-order chi connectivity index (χ1) is 12.1. The van der Waals surface area contributed by atoms with Gasteiger partial charge in [-0.15, -0.1) is 0 Å². The van der Waals surface area contributed by atoms with E-state index < -0.39 is 18.5 Å². The quantitative estimate of drug-likeness (QED) is 0.728. The molecule has 0 bridgehead atoms. The average molecular weight is 364 g/mol. The van der Waals surface area contributed by atoms with Crippen LogP contribution in [0.4, 0.5) is 5.69 Å². The van der Waals surface area contributed by atoms with Crippen molar-refractivity contribution in [1.29, 1.82) is 0 Å². The van der Waals surface area contributed by atoms with Crippen molar-refractivity contribution >= 4 is 29.2 Å². The highest BCUT2D eigenvalue weighted by atomic mass is 35.5. The van der Waals surface area contributed by atoms with Gasteiger partial charge < -0.3 is 19.5 Å². The number of benzene rings is 2. The van der Waals surface area contributed by atoms with Gasteiger partial charge in [-0.05, 0) is 37.3 Å². The van der Waals surface area contributed by atoms with Crippen LogP contribution in [-0.4, -0.2) is 31.7 Å². The average Bonchev–Trinajstić information content (AvgIpc) is 2.59. The van der Waals surface area contributed by atoms with Crippen molar-refractivity contribution in [3.05, 3.63) is 53.6 Å². The number of hydrogen-bond acceptors (Lipinski definition) is 5. The normalized spacial score (nSPS) is 10.0. The summed E-state index contributed by atoms with van der Waals surface area (Å²) in [4.78, 5) is 23.5. The van der Waals surface area contributed by atoms with E-state index in [-0.39, 0.29) is 6.61 Å². The predicted molar refractivity (Wildman–Crippen MR) is 94.1 cm³/mol. The monoisotopic (exact) mass is 363 g/mol. The lowest BCUT2D eigenvalue weighted by Crippen LogP contribution is -2.23. The molecule has 0 aliphatic carbocycles. The Labute approximate surface area is 150 Å². The highest BCUT2D eigenvalue weighted by Crippen LogP contribution is 2.26. The van der Waals surface area contributed by atoms with Gasteiger partial charge >= 0.3 is 5.97 Å². The molecule has 0 saturated heterocycles. The zero-order valence-electron chi connectivity index (χ0n) is 13.7. The fourth-order valence-corrected chi connectivity index (χ4v) is 2.12. The van der Waals surface area contributed by atoms with Crippen molar-refractivity contribution in [1.82, 2.24) is 0 Å². The summed E-state index contributed by atoms with van der Waals surface area (Å²) in [7, 11) is 0. The third-order valence-electron chi connectivity index (χ3n) is 2.97. The molecule has 1 amide bonds. The fraction of sp³-hybridized carbons (Fsp3) is 0.222. The zero-order valence-corrected chi connectivity index (χ0v) is 14.4. The van der Waals surface area contributed by atoms with Gasteiger partial charge in [-0.25, -0.2) is 4.79 Å². The topological polar surface area (TPSA) is 73.9 Å². The number of para-hydroxylation sites is 2. The van der Waals surface area contributed by atoms with Gasteiger partial charge in [0.15, 0.2) is 24.7 Å². The van der Waals surface area contributed by atoms with Crippen LogP contribution < -0.4 is 14.8 Å². The first-order valence-electron chi connectivity index (χ1n) is 7.64. The molecule has 2 aromatic rings. The number of amides is 1.